The minimum atomic E-state index is -0.0994. The maximum Gasteiger partial charge on any atom is 0.317 e. The van der Waals surface area contributed by atoms with E-state index in [1.165, 1.54) is 0 Å². The molecule has 0 aromatic carbocycles. The van der Waals surface area contributed by atoms with E-state index in [1.807, 2.05) is 48.2 Å². The molecule has 0 spiro atoms. The summed E-state index contributed by atoms with van der Waals surface area (Å²) < 4.78 is 3.70. The second-order valence-electron chi connectivity index (χ2n) is 5.56. The number of pyridine rings is 1. The van der Waals surface area contributed by atoms with Crippen molar-refractivity contribution in [2.45, 2.75) is 13.0 Å². The number of aromatic nitrogens is 4. The Kier molecular flexibility index (Phi) is 4.27. The van der Waals surface area contributed by atoms with Crippen molar-refractivity contribution in [2.75, 3.05) is 13.6 Å². The van der Waals surface area contributed by atoms with Gasteiger partial charge in [0.05, 0.1) is 18.4 Å². The molecular weight excluding hydrogens is 292 g/mol. The maximum absolute atomic E-state index is 12.1. The lowest BCUT2D eigenvalue weighted by atomic mass is 10.3. The van der Waals surface area contributed by atoms with Crippen LogP contribution in [0.1, 0.15) is 11.3 Å². The molecule has 0 radical (unpaired) electrons. The zero-order chi connectivity index (χ0) is 16.2. The Bertz CT molecular complexity index is 773. The van der Waals surface area contributed by atoms with Crippen molar-refractivity contribution in [1.29, 1.82) is 0 Å². The summed E-state index contributed by atoms with van der Waals surface area (Å²) in [5.41, 5.74) is 2.89. The lowest BCUT2D eigenvalue weighted by Gasteiger charge is -2.16. The number of imidazole rings is 1. The summed E-state index contributed by atoms with van der Waals surface area (Å²) in [5.74, 6) is 0. The first kappa shape index (κ1) is 15.1. The van der Waals surface area contributed by atoms with Crippen molar-refractivity contribution < 1.29 is 4.79 Å². The van der Waals surface area contributed by atoms with Crippen LogP contribution in [-0.4, -0.2) is 43.7 Å². The van der Waals surface area contributed by atoms with Gasteiger partial charge in [-0.25, -0.2) is 9.78 Å². The van der Waals surface area contributed by atoms with Crippen molar-refractivity contribution in [3.63, 3.8) is 0 Å². The Labute approximate surface area is 134 Å². The molecule has 7 heteroatoms. The van der Waals surface area contributed by atoms with Gasteiger partial charge in [-0.1, -0.05) is 6.07 Å². The number of hydrogen-bond donors (Lipinski definition) is 1. The maximum atomic E-state index is 12.1. The topological polar surface area (TPSA) is 67.5 Å². The third kappa shape index (κ3) is 3.68. The van der Waals surface area contributed by atoms with Crippen LogP contribution in [0.3, 0.4) is 0 Å². The summed E-state index contributed by atoms with van der Waals surface area (Å²) in [6, 6.07) is 5.79. The number of amides is 2. The smallest absolute Gasteiger partial charge is 0.317 e. The minimum Gasteiger partial charge on any atom is -0.338 e. The second-order valence-corrected chi connectivity index (χ2v) is 5.56. The standard InChI is InChI=1S/C16H20N6O/c1-20(10-13-9-18-21(2)11-13)16(23)17-7-6-14-12-22-8-4-3-5-15(22)19-14/h3-5,8-9,11-12H,6-7,10H2,1-2H3,(H,17,23). The summed E-state index contributed by atoms with van der Waals surface area (Å²) in [4.78, 5) is 18.2. The minimum absolute atomic E-state index is 0.0994. The number of carbonyl (C=O) groups excluding carboxylic acids is 1. The molecule has 0 fully saturated rings. The summed E-state index contributed by atoms with van der Waals surface area (Å²) in [6.45, 7) is 1.09. The largest absolute Gasteiger partial charge is 0.338 e. The Morgan fingerprint density at radius 1 is 1.35 bits per heavy atom. The van der Waals surface area contributed by atoms with Crippen LogP contribution in [0.5, 0.6) is 0 Å². The van der Waals surface area contributed by atoms with Crippen LogP contribution >= 0.6 is 0 Å². The summed E-state index contributed by atoms with van der Waals surface area (Å²) >= 11 is 0. The fraction of sp³-hybridized carbons (Fsp3) is 0.312. The monoisotopic (exact) mass is 312 g/mol. The van der Waals surface area contributed by atoms with Crippen LogP contribution in [0.4, 0.5) is 4.79 Å². The van der Waals surface area contributed by atoms with Gasteiger partial charge in [0.25, 0.3) is 0 Å². The fourth-order valence-electron chi connectivity index (χ4n) is 2.44. The van der Waals surface area contributed by atoms with Crippen LogP contribution in [0.2, 0.25) is 0 Å². The van der Waals surface area contributed by atoms with E-state index >= 15 is 0 Å². The highest BCUT2D eigenvalue weighted by molar-refractivity contribution is 5.73. The summed E-state index contributed by atoms with van der Waals surface area (Å²) in [5, 5.41) is 7.01. The predicted molar refractivity (Wildman–Crippen MR) is 87.0 cm³/mol. The van der Waals surface area contributed by atoms with E-state index < -0.39 is 0 Å². The molecule has 0 aliphatic carbocycles. The molecule has 0 saturated carbocycles. The predicted octanol–water partition coefficient (Wildman–Crippen LogP) is 1.45. The second kappa shape index (κ2) is 6.51. The van der Waals surface area contributed by atoms with Gasteiger partial charge in [-0.3, -0.25) is 4.68 Å². The van der Waals surface area contributed by atoms with Gasteiger partial charge in [0.2, 0.25) is 0 Å². The zero-order valence-corrected chi connectivity index (χ0v) is 13.3. The number of carbonyl (C=O) groups is 1. The molecule has 0 unspecified atom stereocenters. The van der Waals surface area contributed by atoms with Gasteiger partial charge >= 0.3 is 6.03 Å². The molecule has 3 heterocycles. The van der Waals surface area contributed by atoms with Gasteiger partial charge in [-0.15, -0.1) is 0 Å². The van der Waals surface area contributed by atoms with E-state index in [0.717, 1.165) is 16.9 Å². The fourth-order valence-corrected chi connectivity index (χ4v) is 2.44. The third-order valence-corrected chi connectivity index (χ3v) is 3.60. The van der Waals surface area contributed by atoms with E-state index in [0.29, 0.717) is 19.5 Å². The molecule has 23 heavy (non-hydrogen) atoms. The number of fused-ring (bicyclic) bond motifs is 1. The summed E-state index contributed by atoms with van der Waals surface area (Å²) in [6.07, 6.45) is 8.32. The molecule has 120 valence electrons. The van der Waals surface area contributed by atoms with Crippen LogP contribution in [0, 0.1) is 0 Å². The molecule has 0 aliphatic heterocycles. The first-order valence-corrected chi connectivity index (χ1v) is 7.51. The Morgan fingerprint density at radius 3 is 2.96 bits per heavy atom. The lowest BCUT2D eigenvalue weighted by molar-refractivity contribution is 0.207. The van der Waals surface area contributed by atoms with Gasteiger partial charge in [-0.2, -0.15) is 5.10 Å². The van der Waals surface area contributed by atoms with E-state index in [4.69, 9.17) is 0 Å². The molecule has 1 N–H and O–H groups in total. The van der Waals surface area contributed by atoms with E-state index in [9.17, 15) is 4.79 Å². The normalized spacial score (nSPS) is 10.9. The molecule has 2 amide bonds. The van der Waals surface area contributed by atoms with Crippen LogP contribution in [0.25, 0.3) is 5.65 Å². The van der Waals surface area contributed by atoms with Crippen LogP contribution in [0.15, 0.2) is 43.0 Å². The molecular formula is C16H20N6O. The quantitative estimate of drug-likeness (QED) is 0.775. The molecule has 0 aliphatic rings. The molecule has 0 bridgehead atoms. The average Bonchev–Trinajstić information content (AvgIpc) is 3.12. The van der Waals surface area contributed by atoms with E-state index in [2.05, 4.69) is 15.4 Å². The molecule has 3 rings (SSSR count). The van der Waals surface area contributed by atoms with Gasteiger partial charge in [-0.05, 0) is 12.1 Å². The first-order valence-electron chi connectivity index (χ1n) is 7.51. The Morgan fingerprint density at radius 2 is 2.22 bits per heavy atom. The number of nitrogens with one attached hydrogen (secondary N) is 1. The highest BCUT2D eigenvalue weighted by Crippen LogP contribution is 2.05. The highest BCUT2D eigenvalue weighted by Gasteiger charge is 2.10. The van der Waals surface area contributed by atoms with Crippen molar-refractivity contribution in [1.82, 2.24) is 29.4 Å². The number of nitrogens with zero attached hydrogens (tertiary/aromatic N) is 5. The SMILES string of the molecule is CN(Cc1cnn(C)c1)C(=O)NCCc1cn2ccccc2n1. The Hall–Kier alpha value is -2.83. The number of urea groups is 1. The van der Waals surface area contributed by atoms with Crippen molar-refractivity contribution in [3.05, 3.63) is 54.2 Å². The van der Waals surface area contributed by atoms with Gasteiger partial charge in [0, 0.05) is 51.2 Å². The Balaban J connectivity index is 1.48. The lowest BCUT2D eigenvalue weighted by Crippen LogP contribution is -2.37. The van der Waals surface area contributed by atoms with Gasteiger partial charge in [0.15, 0.2) is 0 Å². The van der Waals surface area contributed by atoms with Crippen molar-refractivity contribution in [3.8, 4) is 0 Å². The molecule has 3 aromatic rings. The number of aryl methyl sites for hydroxylation is 1. The number of hydrogen-bond acceptors (Lipinski definition) is 3. The summed E-state index contributed by atoms with van der Waals surface area (Å²) in [7, 11) is 3.63. The molecule has 0 atom stereocenters. The average molecular weight is 312 g/mol. The van der Waals surface area contributed by atoms with E-state index in [1.54, 1.807) is 22.8 Å². The van der Waals surface area contributed by atoms with Gasteiger partial charge < -0.3 is 14.6 Å². The third-order valence-electron chi connectivity index (χ3n) is 3.60. The highest BCUT2D eigenvalue weighted by atomic mass is 16.2. The van der Waals surface area contributed by atoms with E-state index in [-0.39, 0.29) is 6.03 Å². The molecule has 0 saturated heterocycles. The molecule has 7 nitrogen and oxygen atoms in total. The zero-order valence-electron chi connectivity index (χ0n) is 13.3. The van der Waals surface area contributed by atoms with Crippen LogP contribution in [-0.2, 0) is 20.0 Å². The number of rotatable bonds is 5. The molecule has 3 aromatic heterocycles. The van der Waals surface area contributed by atoms with Crippen molar-refractivity contribution >= 4 is 11.7 Å². The van der Waals surface area contributed by atoms with Crippen molar-refractivity contribution in [2.24, 2.45) is 7.05 Å². The van der Waals surface area contributed by atoms with Gasteiger partial charge in [0.1, 0.15) is 5.65 Å². The first-order chi connectivity index (χ1) is 11.1. The van der Waals surface area contributed by atoms with Crippen LogP contribution < -0.4 is 5.32 Å².